The minimum atomic E-state index is -0.524. The van der Waals surface area contributed by atoms with Gasteiger partial charge in [0.25, 0.3) is 11.5 Å². The van der Waals surface area contributed by atoms with E-state index in [4.69, 9.17) is 0 Å². The molecule has 3 N–H and O–H groups in total. The van der Waals surface area contributed by atoms with E-state index in [1.807, 2.05) is 32.0 Å². The summed E-state index contributed by atoms with van der Waals surface area (Å²) in [6.45, 7) is 3.96. The predicted octanol–water partition coefficient (Wildman–Crippen LogP) is 1.56. The molecule has 4 rings (SSSR count). The Morgan fingerprint density at radius 3 is 2.73 bits per heavy atom. The quantitative estimate of drug-likeness (QED) is 0.663. The average Bonchev–Trinajstić information content (AvgIpc) is 3.24. The lowest BCUT2D eigenvalue weighted by atomic mass is 10.0. The summed E-state index contributed by atoms with van der Waals surface area (Å²) in [4.78, 5) is 31.7. The normalized spacial score (nSPS) is 15.2. The van der Waals surface area contributed by atoms with Crippen LogP contribution in [0.15, 0.2) is 35.4 Å². The van der Waals surface area contributed by atoms with E-state index in [0.717, 1.165) is 24.0 Å². The SMILES string of the molecule is Cc1ccc(-c2cn3cc(C(=O)NC4(CO)CC4)nc3c(=O)[nH]2)cc1C. The van der Waals surface area contributed by atoms with Crippen molar-refractivity contribution in [3.63, 3.8) is 0 Å². The third-order valence-electron chi connectivity index (χ3n) is 5.04. The van der Waals surface area contributed by atoms with Crippen LogP contribution in [0.4, 0.5) is 0 Å². The fraction of sp³-hybridized carbons (Fsp3) is 0.316. The van der Waals surface area contributed by atoms with Crippen molar-refractivity contribution in [2.45, 2.75) is 32.2 Å². The summed E-state index contributed by atoms with van der Waals surface area (Å²) in [7, 11) is 0. The summed E-state index contributed by atoms with van der Waals surface area (Å²) in [5.74, 6) is -0.382. The number of carbonyl (C=O) groups is 1. The molecule has 1 aliphatic carbocycles. The Balaban J connectivity index is 1.72. The van der Waals surface area contributed by atoms with E-state index >= 15 is 0 Å². The van der Waals surface area contributed by atoms with Gasteiger partial charge >= 0.3 is 0 Å². The van der Waals surface area contributed by atoms with E-state index in [2.05, 4.69) is 15.3 Å². The van der Waals surface area contributed by atoms with Crippen LogP contribution in [0.1, 0.15) is 34.5 Å². The van der Waals surface area contributed by atoms with Crippen molar-refractivity contribution in [1.82, 2.24) is 19.7 Å². The first-order valence-electron chi connectivity index (χ1n) is 8.54. The first-order valence-corrected chi connectivity index (χ1v) is 8.54. The second kappa shape index (κ2) is 5.81. The van der Waals surface area contributed by atoms with Gasteiger partial charge in [0.05, 0.1) is 17.8 Å². The number of amides is 1. The predicted molar refractivity (Wildman–Crippen MR) is 97.2 cm³/mol. The number of aryl methyl sites for hydroxylation is 2. The van der Waals surface area contributed by atoms with Crippen LogP contribution >= 0.6 is 0 Å². The number of benzene rings is 1. The van der Waals surface area contributed by atoms with Gasteiger partial charge in [0, 0.05) is 12.4 Å². The molecular weight excluding hydrogens is 332 g/mol. The second-order valence-electron chi connectivity index (χ2n) is 7.05. The molecule has 0 atom stereocenters. The van der Waals surface area contributed by atoms with Crippen LogP contribution in [-0.2, 0) is 0 Å². The molecule has 1 fully saturated rings. The minimum absolute atomic E-state index is 0.0936. The first-order chi connectivity index (χ1) is 12.4. The summed E-state index contributed by atoms with van der Waals surface area (Å²) < 4.78 is 1.57. The number of aromatic nitrogens is 3. The zero-order chi connectivity index (χ0) is 18.5. The third kappa shape index (κ3) is 2.80. The lowest BCUT2D eigenvalue weighted by molar-refractivity contribution is 0.0902. The summed E-state index contributed by atoms with van der Waals surface area (Å²) in [6, 6.07) is 5.96. The van der Waals surface area contributed by atoms with E-state index in [9.17, 15) is 14.7 Å². The monoisotopic (exact) mass is 352 g/mol. The summed E-state index contributed by atoms with van der Waals surface area (Å²) in [5.41, 5.74) is 3.30. The highest BCUT2D eigenvalue weighted by Gasteiger charge is 2.43. The molecule has 1 aliphatic rings. The molecule has 3 aromatic rings. The third-order valence-corrected chi connectivity index (χ3v) is 5.04. The van der Waals surface area contributed by atoms with Gasteiger partial charge in [-0.3, -0.25) is 14.0 Å². The van der Waals surface area contributed by atoms with Crippen molar-refractivity contribution in [3.05, 3.63) is 57.8 Å². The molecule has 0 radical (unpaired) electrons. The van der Waals surface area contributed by atoms with E-state index in [0.29, 0.717) is 5.69 Å². The Hall–Kier alpha value is -2.93. The van der Waals surface area contributed by atoms with Crippen molar-refractivity contribution in [3.8, 4) is 11.3 Å². The van der Waals surface area contributed by atoms with Crippen LogP contribution in [-0.4, -0.2) is 37.5 Å². The number of aliphatic hydroxyl groups is 1. The van der Waals surface area contributed by atoms with Crippen LogP contribution in [0.2, 0.25) is 0 Å². The molecule has 26 heavy (non-hydrogen) atoms. The smallest absolute Gasteiger partial charge is 0.292 e. The topological polar surface area (TPSA) is 99.5 Å². The number of fused-ring (bicyclic) bond motifs is 1. The molecule has 0 bridgehead atoms. The molecule has 2 heterocycles. The maximum Gasteiger partial charge on any atom is 0.292 e. The molecule has 7 nitrogen and oxygen atoms in total. The maximum absolute atomic E-state index is 12.4. The highest BCUT2D eigenvalue weighted by Crippen LogP contribution is 2.34. The van der Waals surface area contributed by atoms with Crippen molar-refractivity contribution in [2.75, 3.05) is 6.61 Å². The molecule has 0 spiro atoms. The van der Waals surface area contributed by atoms with Gasteiger partial charge in [-0.25, -0.2) is 4.98 Å². The van der Waals surface area contributed by atoms with Gasteiger partial charge in [0.2, 0.25) is 5.65 Å². The molecule has 1 amide bonds. The fourth-order valence-electron chi connectivity index (χ4n) is 2.95. The molecule has 0 unspecified atom stereocenters. The number of hydrogen-bond acceptors (Lipinski definition) is 4. The maximum atomic E-state index is 12.4. The highest BCUT2D eigenvalue weighted by molar-refractivity contribution is 5.93. The summed E-state index contributed by atoms with van der Waals surface area (Å²) in [5, 5.41) is 12.1. The van der Waals surface area contributed by atoms with Gasteiger partial charge in [-0.05, 0) is 49.4 Å². The lowest BCUT2D eigenvalue weighted by Gasteiger charge is -2.12. The molecule has 7 heteroatoms. The number of aliphatic hydroxyl groups excluding tert-OH is 1. The Bertz CT molecular complexity index is 1080. The number of nitrogens with zero attached hydrogens (tertiary/aromatic N) is 2. The molecule has 0 aliphatic heterocycles. The van der Waals surface area contributed by atoms with E-state index in [-0.39, 0.29) is 29.4 Å². The van der Waals surface area contributed by atoms with Crippen LogP contribution < -0.4 is 10.9 Å². The number of aromatic amines is 1. The van der Waals surface area contributed by atoms with E-state index in [1.54, 1.807) is 10.6 Å². The molecular formula is C19H20N4O3. The van der Waals surface area contributed by atoms with Gasteiger partial charge in [-0.15, -0.1) is 0 Å². The molecule has 1 aromatic carbocycles. The number of H-pyrrole nitrogens is 1. The molecule has 134 valence electrons. The molecule has 0 saturated heterocycles. The van der Waals surface area contributed by atoms with Crippen molar-refractivity contribution in [1.29, 1.82) is 0 Å². The van der Waals surface area contributed by atoms with Gasteiger partial charge in [0.1, 0.15) is 5.69 Å². The number of imidazole rings is 1. The van der Waals surface area contributed by atoms with Crippen LogP contribution in [0.25, 0.3) is 16.9 Å². The van der Waals surface area contributed by atoms with Crippen molar-refractivity contribution >= 4 is 11.6 Å². The van der Waals surface area contributed by atoms with Gasteiger partial charge < -0.3 is 15.4 Å². The lowest BCUT2D eigenvalue weighted by Crippen LogP contribution is -2.39. The number of carbonyl (C=O) groups excluding carboxylic acids is 1. The molecule has 2 aromatic heterocycles. The van der Waals surface area contributed by atoms with Crippen molar-refractivity contribution in [2.24, 2.45) is 0 Å². The van der Waals surface area contributed by atoms with Gasteiger partial charge in [-0.2, -0.15) is 0 Å². The fourth-order valence-corrected chi connectivity index (χ4v) is 2.95. The second-order valence-corrected chi connectivity index (χ2v) is 7.05. The van der Waals surface area contributed by atoms with Crippen LogP contribution in [0.3, 0.4) is 0 Å². The number of rotatable bonds is 4. The summed E-state index contributed by atoms with van der Waals surface area (Å²) >= 11 is 0. The number of nitrogens with one attached hydrogen (secondary N) is 2. The Labute approximate surface area is 149 Å². The van der Waals surface area contributed by atoms with E-state index < -0.39 is 5.54 Å². The first kappa shape index (κ1) is 16.5. The van der Waals surface area contributed by atoms with Gasteiger partial charge in [0.15, 0.2) is 0 Å². The molecule has 1 saturated carbocycles. The largest absolute Gasteiger partial charge is 0.394 e. The van der Waals surface area contributed by atoms with Crippen molar-refractivity contribution < 1.29 is 9.90 Å². The standard InChI is InChI=1S/C19H20N4O3/c1-11-3-4-13(7-12(11)2)14-8-23-9-15(20-16(23)18(26)21-14)17(25)22-19(10-24)5-6-19/h3-4,7-9,24H,5-6,10H2,1-2H3,(H,21,26)(H,22,25). The average molecular weight is 352 g/mol. The minimum Gasteiger partial charge on any atom is -0.394 e. The Morgan fingerprint density at radius 2 is 2.08 bits per heavy atom. The van der Waals surface area contributed by atoms with E-state index in [1.165, 1.54) is 11.8 Å². The van der Waals surface area contributed by atoms with Crippen LogP contribution in [0, 0.1) is 13.8 Å². The summed E-state index contributed by atoms with van der Waals surface area (Å²) in [6.07, 6.45) is 4.79. The van der Waals surface area contributed by atoms with Crippen LogP contribution in [0.5, 0.6) is 0 Å². The van der Waals surface area contributed by atoms with Gasteiger partial charge in [-0.1, -0.05) is 12.1 Å². The zero-order valence-corrected chi connectivity index (χ0v) is 14.7. The number of hydrogen-bond donors (Lipinski definition) is 3. The Kier molecular flexibility index (Phi) is 3.69. The zero-order valence-electron chi connectivity index (χ0n) is 14.7. The Morgan fingerprint density at radius 1 is 1.31 bits per heavy atom. The highest BCUT2D eigenvalue weighted by atomic mass is 16.3.